The second-order valence-electron chi connectivity index (χ2n) is 5.53. The van der Waals surface area contributed by atoms with E-state index in [1.165, 1.54) is 0 Å². The molecule has 0 aliphatic rings. The number of hydrogen-bond donors (Lipinski definition) is 1. The van der Waals surface area contributed by atoms with E-state index in [9.17, 15) is 4.79 Å². The molecule has 0 aliphatic carbocycles. The molecule has 4 heteroatoms. The van der Waals surface area contributed by atoms with Gasteiger partial charge in [0, 0.05) is 13.6 Å². The number of ether oxygens (including phenoxy) is 1. The van der Waals surface area contributed by atoms with Crippen LogP contribution in [0.25, 0.3) is 0 Å². The van der Waals surface area contributed by atoms with Crippen molar-refractivity contribution in [2.75, 3.05) is 26.7 Å². The Bertz CT molecular complexity index is 448. The quantitative estimate of drug-likeness (QED) is 0.801. The number of benzene rings is 1. The lowest BCUT2D eigenvalue weighted by atomic mass is 9.81. The molecule has 118 valence electrons. The Kier molecular flexibility index (Phi) is 6.69. The minimum atomic E-state index is -0.433. The molecule has 0 fully saturated rings. The van der Waals surface area contributed by atoms with Crippen LogP contribution in [0.1, 0.15) is 32.3 Å². The fourth-order valence-corrected chi connectivity index (χ4v) is 2.45. The summed E-state index contributed by atoms with van der Waals surface area (Å²) in [5.74, 6) is 0.984. The molecule has 0 spiro atoms. The first-order chi connectivity index (χ1) is 10.0. The normalized spacial score (nSPS) is 11.3. The van der Waals surface area contributed by atoms with E-state index >= 15 is 0 Å². The van der Waals surface area contributed by atoms with Gasteiger partial charge in [0.05, 0.1) is 12.0 Å². The predicted molar refractivity (Wildman–Crippen MR) is 86.4 cm³/mol. The number of carbonyl (C=O) groups excluding carboxylic acids is 1. The Morgan fingerprint density at radius 2 is 1.90 bits per heavy atom. The average molecular weight is 292 g/mol. The average Bonchev–Trinajstić information content (AvgIpc) is 2.51. The minimum absolute atomic E-state index is 0.114. The monoisotopic (exact) mass is 292 g/mol. The van der Waals surface area contributed by atoms with E-state index in [2.05, 4.69) is 0 Å². The number of rotatable bonds is 8. The van der Waals surface area contributed by atoms with Crippen molar-refractivity contribution in [3.05, 3.63) is 29.8 Å². The predicted octanol–water partition coefficient (Wildman–Crippen LogP) is 2.60. The highest BCUT2D eigenvalue weighted by atomic mass is 16.5. The van der Waals surface area contributed by atoms with Gasteiger partial charge in [-0.2, -0.15) is 0 Å². The van der Waals surface area contributed by atoms with Gasteiger partial charge in [0.2, 0.25) is 5.91 Å². The van der Waals surface area contributed by atoms with E-state index in [1.807, 2.05) is 52.1 Å². The fraction of sp³-hybridized carbons (Fsp3) is 0.588. The smallest absolute Gasteiger partial charge is 0.229 e. The second kappa shape index (κ2) is 8.03. The highest BCUT2D eigenvalue weighted by molar-refractivity contribution is 5.82. The zero-order chi connectivity index (χ0) is 15.9. The van der Waals surface area contributed by atoms with Crippen LogP contribution in [0.5, 0.6) is 5.75 Å². The Morgan fingerprint density at radius 1 is 1.29 bits per heavy atom. The maximum Gasteiger partial charge on any atom is 0.229 e. The minimum Gasteiger partial charge on any atom is -0.491 e. The van der Waals surface area contributed by atoms with Crippen molar-refractivity contribution in [1.82, 2.24) is 4.90 Å². The first kappa shape index (κ1) is 17.5. The molecule has 0 bridgehead atoms. The molecule has 0 heterocycles. The Balaban J connectivity index is 2.55. The maximum atomic E-state index is 12.6. The van der Waals surface area contributed by atoms with E-state index in [0.29, 0.717) is 19.7 Å². The summed E-state index contributed by atoms with van der Waals surface area (Å²) >= 11 is 0. The van der Waals surface area contributed by atoms with Crippen LogP contribution in [0, 0.1) is 12.3 Å². The third-order valence-electron chi connectivity index (χ3n) is 4.32. The number of carbonyl (C=O) groups is 1. The summed E-state index contributed by atoms with van der Waals surface area (Å²) < 4.78 is 5.75. The van der Waals surface area contributed by atoms with Crippen LogP contribution in [-0.2, 0) is 4.79 Å². The van der Waals surface area contributed by atoms with Gasteiger partial charge in [0.1, 0.15) is 12.4 Å². The van der Waals surface area contributed by atoms with Gasteiger partial charge in [-0.25, -0.2) is 0 Å². The van der Waals surface area contributed by atoms with E-state index in [-0.39, 0.29) is 5.91 Å². The molecule has 2 N–H and O–H groups in total. The van der Waals surface area contributed by atoms with Crippen molar-refractivity contribution < 1.29 is 9.53 Å². The number of nitrogens with zero attached hydrogens (tertiary/aromatic N) is 1. The van der Waals surface area contributed by atoms with Gasteiger partial charge in [-0.05, 0) is 31.4 Å². The molecule has 1 amide bonds. The van der Waals surface area contributed by atoms with Gasteiger partial charge in [0.25, 0.3) is 0 Å². The molecule has 0 radical (unpaired) electrons. The summed E-state index contributed by atoms with van der Waals surface area (Å²) in [6.07, 6.45) is 1.53. The molecule has 4 nitrogen and oxygen atoms in total. The highest BCUT2D eigenvalue weighted by Crippen LogP contribution is 2.27. The molecule has 1 rings (SSSR count). The van der Waals surface area contributed by atoms with Crippen molar-refractivity contribution in [2.24, 2.45) is 11.1 Å². The van der Waals surface area contributed by atoms with Crippen LogP contribution in [0.3, 0.4) is 0 Å². The summed E-state index contributed by atoms with van der Waals surface area (Å²) in [5.41, 5.74) is 6.50. The summed E-state index contributed by atoms with van der Waals surface area (Å²) in [5, 5.41) is 0. The summed E-state index contributed by atoms with van der Waals surface area (Å²) in [6.45, 7) is 7.49. The Morgan fingerprint density at radius 3 is 2.43 bits per heavy atom. The van der Waals surface area contributed by atoms with Crippen LogP contribution in [0.4, 0.5) is 0 Å². The largest absolute Gasteiger partial charge is 0.491 e. The zero-order valence-electron chi connectivity index (χ0n) is 13.7. The standard InChI is InChI=1S/C17H28N2O2/c1-5-17(6-2,13-18)16(20)19(4)11-12-21-15-10-8-7-9-14(15)3/h7-10H,5-6,11-13,18H2,1-4H3. The number of amides is 1. The second-order valence-corrected chi connectivity index (χ2v) is 5.53. The first-order valence-corrected chi connectivity index (χ1v) is 7.64. The van der Waals surface area contributed by atoms with Crippen molar-refractivity contribution >= 4 is 5.91 Å². The lowest BCUT2D eigenvalue weighted by molar-refractivity contribution is -0.141. The Hall–Kier alpha value is -1.55. The number of likely N-dealkylation sites (N-methyl/N-ethyl adjacent to an activating group) is 1. The van der Waals surface area contributed by atoms with E-state index in [4.69, 9.17) is 10.5 Å². The van der Waals surface area contributed by atoms with Crippen LogP contribution in [-0.4, -0.2) is 37.6 Å². The topological polar surface area (TPSA) is 55.6 Å². The molecular weight excluding hydrogens is 264 g/mol. The lowest BCUT2D eigenvalue weighted by Crippen LogP contribution is -2.47. The molecule has 0 aliphatic heterocycles. The van der Waals surface area contributed by atoms with Gasteiger partial charge in [-0.15, -0.1) is 0 Å². The number of nitrogens with two attached hydrogens (primary N) is 1. The molecule has 0 unspecified atom stereocenters. The van der Waals surface area contributed by atoms with Gasteiger partial charge < -0.3 is 15.4 Å². The van der Waals surface area contributed by atoms with Crippen molar-refractivity contribution in [1.29, 1.82) is 0 Å². The molecular formula is C17H28N2O2. The molecule has 21 heavy (non-hydrogen) atoms. The third-order valence-corrected chi connectivity index (χ3v) is 4.32. The van der Waals surface area contributed by atoms with E-state index in [0.717, 1.165) is 24.2 Å². The number of hydrogen-bond acceptors (Lipinski definition) is 3. The van der Waals surface area contributed by atoms with Crippen molar-refractivity contribution in [2.45, 2.75) is 33.6 Å². The molecule has 0 saturated heterocycles. The van der Waals surface area contributed by atoms with Crippen LogP contribution in [0.2, 0.25) is 0 Å². The molecule has 0 saturated carbocycles. The van der Waals surface area contributed by atoms with Crippen LogP contribution in [0.15, 0.2) is 24.3 Å². The zero-order valence-corrected chi connectivity index (χ0v) is 13.7. The Labute approximate surface area is 128 Å². The highest BCUT2D eigenvalue weighted by Gasteiger charge is 2.35. The van der Waals surface area contributed by atoms with E-state index < -0.39 is 5.41 Å². The molecule has 0 aromatic heterocycles. The molecule has 1 aromatic carbocycles. The summed E-state index contributed by atoms with van der Waals surface area (Å²) in [4.78, 5) is 14.3. The van der Waals surface area contributed by atoms with E-state index in [1.54, 1.807) is 4.90 Å². The number of para-hydroxylation sites is 1. The van der Waals surface area contributed by atoms with Gasteiger partial charge >= 0.3 is 0 Å². The maximum absolute atomic E-state index is 12.6. The van der Waals surface area contributed by atoms with Gasteiger partial charge in [0.15, 0.2) is 0 Å². The van der Waals surface area contributed by atoms with Gasteiger partial charge in [-0.3, -0.25) is 4.79 Å². The summed E-state index contributed by atoms with van der Waals surface area (Å²) in [6, 6.07) is 7.89. The van der Waals surface area contributed by atoms with Crippen LogP contribution < -0.4 is 10.5 Å². The fourth-order valence-electron chi connectivity index (χ4n) is 2.45. The van der Waals surface area contributed by atoms with Crippen molar-refractivity contribution in [3.63, 3.8) is 0 Å². The van der Waals surface area contributed by atoms with Gasteiger partial charge in [-0.1, -0.05) is 32.0 Å². The number of aryl methyl sites for hydroxylation is 1. The molecule has 1 aromatic rings. The summed E-state index contributed by atoms with van der Waals surface area (Å²) in [7, 11) is 1.82. The van der Waals surface area contributed by atoms with Crippen molar-refractivity contribution in [3.8, 4) is 5.75 Å². The van der Waals surface area contributed by atoms with Crippen LogP contribution >= 0.6 is 0 Å². The SMILES string of the molecule is CCC(CC)(CN)C(=O)N(C)CCOc1ccccc1C. The third kappa shape index (κ3) is 4.21. The molecule has 0 atom stereocenters. The first-order valence-electron chi connectivity index (χ1n) is 7.64. The lowest BCUT2D eigenvalue weighted by Gasteiger charge is -2.33.